The van der Waals surface area contributed by atoms with E-state index in [-0.39, 0.29) is 12.0 Å². The number of anilines is 2. The fourth-order valence-electron chi connectivity index (χ4n) is 7.35. The van der Waals surface area contributed by atoms with Crippen LogP contribution in [0.2, 0.25) is 10.0 Å². The lowest BCUT2D eigenvalue weighted by Gasteiger charge is -2.25. The summed E-state index contributed by atoms with van der Waals surface area (Å²) < 4.78 is 6.89. The molecule has 4 N–H and O–H groups in total. The van der Waals surface area contributed by atoms with E-state index in [1.54, 1.807) is 7.11 Å². The van der Waals surface area contributed by atoms with Gasteiger partial charge in [-0.2, -0.15) is 0 Å². The quantitative estimate of drug-likeness (QED) is 0.102. The van der Waals surface area contributed by atoms with E-state index in [4.69, 9.17) is 43.3 Å². The van der Waals surface area contributed by atoms with Crippen molar-refractivity contribution in [2.75, 3.05) is 19.0 Å². The summed E-state index contributed by atoms with van der Waals surface area (Å²) in [7, 11) is 1.62. The number of rotatable bonds is 12. The van der Waals surface area contributed by atoms with Gasteiger partial charge in [-0.25, -0.2) is 9.97 Å². The molecule has 3 aromatic heterocycles. The zero-order valence-electron chi connectivity index (χ0n) is 28.8. The van der Waals surface area contributed by atoms with E-state index in [1.807, 2.05) is 66.1 Å². The first-order valence-electron chi connectivity index (χ1n) is 17.7. The van der Waals surface area contributed by atoms with Gasteiger partial charge in [0, 0.05) is 68.1 Å². The van der Waals surface area contributed by atoms with E-state index in [0.29, 0.717) is 39.8 Å². The number of hydrogen-bond donors (Lipinski definition) is 4. The van der Waals surface area contributed by atoms with Crippen molar-refractivity contribution in [3.63, 3.8) is 0 Å². The number of methoxy groups -OCH3 is 1. The van der Waals surface area contributed by atoms with E-state index >= 15 is 0 Å². The third-order valence-corrected chi connectivity index (χ3v) is 12.3. The number of nitrogens with one attached hydrogen (secondary N) is 3. The standard InChI is InChI=1S/C41H43Cl2N5O2S/c1-24-9-13-26(39(24)44)22-45-23-27-14-18-34(48-41(27)50-2)32-7-3-5-30(37(32)42)31-6-4-8-35(38(31)43)47-40-33-21-29(51-36(33)19-20-46-40)17-12-25-10-15-28(49)16-11-25/h3-8,14,18-21,25-26,28,44-45,49H,1,9-13,15-17,22-23H2,2H3,(H,46,47)/t25?,26-,28?/m0/s1. The first-order valence-corrected chi connectivity index (χ1v) is 19.3. The molecular weight excluding hydrogens is 697 g/mol. The number of nitrogens with zero attached hydrogens (tertiary/aromatic N) is 2. The summed E-state index contributed by atoms with van der Waals surface area (Å²) in [6.07, 6.45) is 9.85. The van der Waals surface area contributed by atoms with Crippen LogP contribution in [0.15, 0.2) is 79.0 Å². The summed E-state index contributed by atoms with van der Waals surface area (Å²) in [4.78, 5) is 10.9. The molecular formula is C41H43Cl2N5O2S. The smallest absolute Gasteiger partial charge is 0.218 e. The van der Waals surface area contributed by atoms with E-state index in [0.717, 1.165) is 103 Å². The van der Waals surface area contributed by atoms with Crippen LogP contribution in [0.3, 0.4) is 0 Å². The summed E-state index contributed by atoms with van der Waals surface area (Å²) in [5, 5.41) is 27.3. The zero-order valence-corrected chi connectivity index (χ0v) is 31.1. The number of aliphatic hydroxyl groups is 1. The highest BCUT2D eigenvalue weighted by molar-refractivity contribution is 7.19. The van der Waals surface area contributed by atoms with Crippen LogP contribution in [0.4, 0.5) is 11.5 Å². The number of thiophene rings is 1. The lowest BCUT2D eigenvalue weighted by Crippen LogP contribution is -2.25. The second kappa shape index (κ2) is 15.8. The van der Waals surface area contributed by atoms with E-state index in [9.17, 15) is 5.11 Å². The maximum atomic E-state index is 9.87. The number of aliphatic hydroxyl groups excluding tert-OH is 1. The lowest BCUT2D eigenvalue weighted by atomic mass is 9.84. The number of halogens is 2. The minimum absolute atomic E-state index is 0.117. The highest BCUT2D eigenvalue weighted by Crippen LogP contribution is 2.43. The topological polar surface area (TPSA) is 103 Å². The molecule has 0 spiro atoms. The van der Waals surface area contributed by atoms with Gasteiger partial charge < -0.3 is 25.9 Å². The molecule has 10 heteroatoms. The van der Waals surface area contributed by atoms with E-state index < -0.39 is 0 Å². The molecule has 7 rings (SSSR count). The van der Waals surface area contributed by atoms with Crippen molar-refractivity contribution >= 4 is 61.8 Å². The number of benzene rings is 2. The van der Waals surface area contributed by atoms with Gasteiger partial charge in [0.05, 0.1) is 34.6 Å². The van der Waals surface area contributed by atoms with Crippen LogP contribution >= 0.6 is 34.5 Å². The maximum absolute atomic E-state index is 9.87. The zero-order chi connectivity index (χ0) is 35.5. The Morgan fingerprint density at radius 2 is 1.75 bits per heavy atom. The van der Waals surface area contributed by atoms with Gasteiger partial charge in [0.25, 0.3) is 0 Å². The van der Waals surface area contributed by atoms with Crippen molar-refractivity contribution in [2.24, 2.45) is 11.8 Å². The Balaban J connectivity index is 1.08. The van der Waals surface area contributed by atoms with Gasteiger partial charge in [0.15, 0.2) is 0 Å². The highest BCUT2D eigenvalue weighted by Gasteiger charge is 2.24. The van der Waals surface area contributed by atoms with Gasteiger partial charge in [-0.05, 0) is 87.1 Å². The molecule has 0 radical (unpaired) electrons. The molecule has 264 valence electrons. The van der Waals surface area contributed by atoms with Crippen LogP contribution in [0.1, 0.15) is 55.4 Å². The van der Waals surface area contributed by atoms with Gasteiger partial charge >= 0.3 is 0 Å². The molecule has 2 fully saturated rings. The minimum Gasteiger partial charge on any atom is -0.481 e. The van der Waals surface area contributed by atoms with Crippen LogP contribution in [-0.2, 0) is 13.0 Å². The SMILES string of the molecule is C=C1CC[C@@H](CNCc2ccc(-c3cccc(-c4cccc(Nc5nccc6sc(CCC7CCC(O)CC7)cc56)c4Cl)c3Cl)nc2OC)C1=N. The second-order valence-corrected chi connectivity index (χ2v) is 15.6. The van der Waals surface area contributed by atoms with Gasteiger partial charge in [0.2, 0.25) is 5.88 Å². The second-order valence-electron chi connectivity index (χ2n) is 13.7. The van der Waals surface area contributed by atoms with Crippen LogP contribution in [-0.4, -0.2) is 40.5 Å². The molecule has 51 heavy (non-hydrogen) atoms. The van der Waals surface area contributed by atoms with E-state index in [1.165, 1.54) is 9.58 Å². The number of allylic oxidation sites excluding steroid dienone is 1. The monoisotopic (exact) mass is 739 g/mol. The molecule has 1 atom stereocenters. The molecule has 0 bridgehead atoms. The molecule has 7 nitrogen and oxygen atoms in total. The van der Waals surface area contributed by atoms with Crippen molar-refractivity contribution in [2.45, 2.75) is 64.0 Å². The normalized spacial score (nSPS) is 19.2. The Morgan fingerprint density at radius 3 is 2.51 bits per heavy atom. The molecule has 2 saturated carbocycles. The van der Waals surface area contributed by atoms with Gasteiger partial charge in [0.1, 0.15) is 5.82 Å². The number of ether oxygens (including phenoxy) is 1. The highest BCUT2D eigenvalue weighted by atomic mass is 35.5. The Kier molecular flexibility index (Phi) is 11.1. The summed E-state index contributed by atoms with van der Waals surface area (Å²) >= 11 is 16.1. The average molecular weight is 741 g/mol. The van der Waals surface area contributed by atoms with Crippen molar-refractivity contribution in [3.8, 4) is 28.3 Å². The molecule has 2 aliphatic rings. The van der Waals surface area contributed by atoms with Crippen molar-refractivity contribution in [1.29, 1.82) is 5.41 Å². The Bertz CT molecular complexity index is 2070. The van der Waals surface area contributed by atoms with Crippen LogP contribution in [0, 0.1) is 17.2 Å². The summed E-state index contributed by atoms with van der Waals surface area (Å²) in [5.41, 5.74) is 6.37. The Hall–Kier alpha value is -3.79. The molecule has 5 aromatic rings. The summed E-state index contributed by atoms with van der Waals surface area (Å²) in [6.45, 7) is 5.30. The van der Waals surface area contributed by atoms with Gasteiger partial charge in [-0.3, -0.25) is 0 Å². The maximum Gasteiger partial charge on any atom is 0.218 e. The average Bonchev–Trinajstić information content (AvgIpc) is 3.71. The van der Waals surface area contributed by atoms with Crippen molar-refractivity contribution in [1.82, 2.24) is 15.3 Å². The molecule has 0 amide bonds. The van der Waals surface area contributed by atoms with E-state index in [2.05, 4.69) is 29.3 Å². The van der Waals surface area contributed by atoms with Crippen molar-refractivity contribution < 1.29 is 9.84 Å². The first kappa shape index (κ1) is 35.6. The number of aromatic nitrogens is 2. The van der Waals surface area contributed by atoms with Gasteiger partial charge in [-0.1, -0.05) is 66.2 Å². The minimum atomic E-state index is -0.117. The Morgan fingerprint density at radius 1 is 0.980 bits per heavy atom. The van der Waals surface area contributed by atoms with Gasteiger partial charge in [-0.15, -0.1) is 11.3 Å². The largest absolute Gasteiger partial charge is 0.481 e. The van der Waals surface area contributed by atoms with Crippen LogP contribution in [0.25, 0.3) is 32.5 Å². The Labute approximate surface area is 313 Å². The third kappa shape index (κ3) is 7.86. The molecule has 0 aliphatic heterocycles. The lowest BCUT2D eigenvalue weighted by molar-refractivity contribution is 0.106. The fraction of sp³-hybridized carbons (Fsp3) is 0.341. The molecule has 3 heterocycles. The predicted molar refractivity (Wildman–Crippen MR) is 212 cm³/mol. The predicted octanol–water partition coefficient (Wildman–Crippen LogP) is 10.6. The summed E-state index contributed by atoms with van der Waals surface area (Å²) in [5.74, 6) is 2.19. The molecule has 2 aromatic carbocycles. The number of aryl methyl sites for hydroxylation is 1. The molecule has 0 unspecified atom stereocenters. The third-order valence-electron chi connectivity index (χ3n) is 10.4. The summed E-state index contributed by atoms with van der Waals surface area (Å²) in [6, 6.07) is 20.1. The molecule has 2 aliphatic carbocycles. The number of fused-ring (bicyclic) bond motifs is 1. The van der Waals surface area contributed by atoms with Crippen LogP contribution < -0.4 is 15.4 Å². The number of hydrogen-bond acceptors (Lipinski definition) is 8. The number of pyridine rings is 2. The molecule has 0 saturated heterocycles. The van der Waals surface area contributed by atoms with Crippen molar-refractivity contribution in [3.05, 3.63) is 99.5 Å². The van der Waals surface area contributed by atoms with Crippen LogP contribution in [0.5, 0.6) is 5.88 Å². The fourth-order valence-corrected chi connectivity index (χ4v) is 9.03. The first-order chi connectivity index (χ1) is 24.8.